The van der Waals surface area contributed by atoms with Gasteiger partial charge < -0.3 is 15.0 Å². The number of benzene rings is 1. The lowest BCUT2D eigenvalue weighted by atomic mass is 10.2. The van der Waals surface area contributed by atoms with Gasteiger partial charge in [0.15, 0.2) is 0 Å². The predicted octanol–water partition coefficient (Wildman–Crippen LogP) is 1.26. The van der Waals surface area contributed by atoms with Crippen molar-refractivity contribution in [1.82, 2.24) is 15.1 Å². The van der Waals surface area contributed by atoms with Crippen LogP contribution in [0.25, 0.3) is 0 Å². The zero-order valence-corrected chi connectivity index (χ0v) is 15.2. The van der Waals surface area contributed by atoms with Crippen molar-refractivity contribution in [2.24, 2.45) is 0 Å². The van der Waals surface area contributed by atoms with E-state index in [0.717, 1.165) is 25.1 Å². The number of hydrogen-bond donors (Lipinski definition) is 1. The molecular weight excluding hydrogens is 318 g/mol. The number of ether oxygens (including phenoxy) is 1. The van der Waals surface area contributed by atoms with Crippen molar-refractivity contribution in [3.8, 4) is 0 Å². The van der Waals surface area contributed by atoms with E-state index in [1.54, 1.807) is 0 Å². The van der Waals surface area contributed by atoms with Crippen LogP contribution in [0.4, 0.5) is 0 Å². The van der Waals surface area contributed by atoms with Crippen molar-refractivity contribution in [2.75, 3.05) is 39.3 Å². The van der Waals surface area contributed by atoms with Gasteiger partial charge in [0.1, 0.15) is 6.61 Å². The third-order valence-corrected chi connectivity index (χ3v) is 4.45. The third kappa shape index (κ3) is 6.84. The van der Waals surface area contributed by atoms with Gasteiger partial charge in [0, 0.05) is 32.2 Å². The van der Waals surface area contributed by atoms with Gasteiger partial charge in [0.2, 0.25) is 11.8 Å². The molecule has 1 fully saturated rings. The summed E-state index contributed by atoms with van der Waals surface area (Å²) in [4.78, 5) is 28.0. The third-order valence-electron chi connectivity index (χ3n) is 4.45. The Bertz CT molecular complexity index is 542. The zero-order chi connectivity index (χ0) is 18.1. The second-order valence-electron chi connectivity index (χ2n) is 6.51. The highest BCUT2D eigenvalue weighted by atomic mass is 16.5. The van der Waals surface area contributed by atoms with E-state index < -0.39 is 0 Å². The van der Waals surface area contributed by atoms with E-state index >= 15 is 0 Å². The number of hydrogen-bond acceptors (Lipinski definition) is 4. The van der Waals surface area contributed by atoms with Gasteiger partial charge in [-0.3, -0.25) is 14.5 Å². The smallest absolute Gasteiger partial charge is 0.248 e. The molecular formula is C19H29N3O3. The summed E-state index contributed by atoms with van der Waals surface area (Å²) < 4.78 is 5.51. The van der Waals surface area contributed by atoms with E-state index in [2.05, 4.69) is 17.1 Å². The van der Waals surface area contributed by atoms with Crippen LogP contribution < -0.4 is 5.32 Å². The number of piperazine rings is 1. The molecule has 0 radical (unpaired) electrons. The average Bonchev–Trinajstić information content (AvgIpc) is 2.63. The van der Waals surface area contributed by atoms with Crippen molar-refractivity contribution < 1.29 is 14.3 Å². The van der Waals surface area contributed by atoms with E-state index in [4.69, 9.17) is 4.74 Å². The summed E-state index contributed by atoms with van der Waals surface area (Å²) in [6, 6.07) is 10.0. The van der Waals surface area contributed by atoms with Crippen LogP contribution in [0.3, 0.4) is 0 Å². The van der Waals surface area contributed by atoms with Crippen LogP contribution >= 0.6 is 0 Å². The van der Waals surface area contributed by atoms with Crippen molar-refractivity contribution in [1.29, 1.82) is 0 Å². The van der Waals surface area contributed by atoms with E-state index in [9.17, 15) is 9.59 Å². The highest BCUT2D eigenvalue weighted by molar-refractivity contribution is 5.79. The summed E-state index contributed by atoms with van der Waals surface area (Å²) in [5.74, 6) is 0.0694. The van der Waals surface area contributed by atoms with E-state index in [1.165, 1.54) is 0 Å². The lowest BCUT2D eigenvalue weighted by Gasteiger charge is -2.34. The molecule has 2 rings (SSSR count). The van der Waals surface area contributed by atoms with Crippen LogP contribution in [0, 0.1) is 0 Å². The SMILES string of the molecule is CCC(C)NC(=O)CN1CCN(C(=O)COCc2ccccc2)CC1. The highest BCUT2D eigenvalue weighted by Gasteiger charge is 2.22. The predicted molar refractivity (Wildman–Crippen MR) is 97.0 cm³/mol. The summed E-state index contributed by atoms with van der Waals surface area (Å²) in [5, 5.41) is 2.97. The number of carbonyl (C=O) groups is 2. The summed E-state index contributed by atoms with van der Waals surface area (Å²) in [6.45, 7) is 7.73. The molecule has 0 spiro atoms. The van der Waals surface area contributed by atoms with Gasteiger partial charge in [-0.05, 0) is 18.9 Å². The van der Waals surface area contributed by atoms with Gasteiger partial charge >= 0.3 is 0 Å². The number of rotatable bonds is 8. The number of carbonyl (C=O) groups excluding carboxylic acids is 2. The second kappa shape index (κ2) is 10.2. The quantitative estimate of drug-likeness (QED) is 0.769. The zero-order valence-electron chi connectivity index (χ0n) is 15.2. The van der Waals surface area contributed by atoms with Gasteiger partial charge in [-0.25, -0.2) is 0 Å². The molecule has 6 heteroatoms. The molecule has 1 saturated heterocycles. The van der Waals surface area contributed by atoms with E-state index in [1.807, 2.05) is 42.2 Å². The van der Waals surface area contributed by atoms with Crippen LogP contribution in [0.2, 0.25) is 0 Å². The van der Waals surface area contributed by atoms with Crippen LogP contribution in [0.15, 0.2) is 30.3 Å². The topological polar surface area (TPSA) is 61.9 Å². The summed E-state index contributed by atoms with van der Waals surface area (Å²) in [5.41, 5.74) is 1.06. The maximum absolute atomic E-state index is 12.2. The van der Waals surface area contributed by atoms with Crippen molar-refractivity contribution in [2.45, 2.75) is 32.9 Å². The molecule has 1 aliphatic rings. The molecule has 6 nitrogen and oxygen atoms in total. The first kappa shape index (κ1) is 19.4. The monoisotopic (exact) mass is 347 g/mol. The minimum absolute atomic E-state index is 0.0136. The maximum Gasteiger partial charge on any atom is 0.248 e. The largest absolute Gasteiger partial charge is 0.367 e. The fourth-order valence-corrected chi connectivity index (χ4v) is 2.70. The molecule has 0 aliphatic carbocycles. The Morgan fingerprint density at radius 3 is 2.48 bits per heavy atom. The summed E-state index contributed by atoms with van der Waals surface area (Å²) in [7, 11) is 0. The van der Waals surface area contributed by atoms with Crippen molar-refractivity contribution in [3.63, 3.8) is 0 Å². The van der Waals surface area contributed by atoms with Crippen LogP contribution in [0.5, 0.6) is 0 Å². The first-order valence-corrected chi connectivity index (χ1v) is 8.99. The molecule has 0 aromatic heterocycles. The molecule has 1 heterocycles. The number of amides is 2. The molecule has 1 aromatic rings. The Morgan fingerprint density at radius 1 is 1.16 bits per heavy atom. The first-order chi connectivity index (χ1) is 12.1. The lowest BCUT2D eigenvalue weighted by molar-refractivity contribution is -0.138. The Hall–Kier alpha value is -1.92. The summed E-state index contributed by atoms with van der Waals surface area (Å²) in [6.07, 6.45) is 0.928. The highest BCUT2D eigenvalue weighted by Crippen LogP contribution is 2.04. The maximum atomic E-state index is 12.2. The Kier molecular flexibility index (Phi) is 7.88. The fourth-order valence-electron chi connectivity index (χ4n) is 2.70. The summed E-state index contributed by atoms with van der Waals surface area (Å²) >= 11 is 0. The second-order valence-corrected chi connectivity index (χ2v) is 6.51. The molecule has 1 atom stereocenters. The van der Waals surface area contributed by atoms with Crippen molar-refractivity contribution >= 4 is 11.8 Å². The lowest BCUT2D eigenvalue weighted by Crippen LogP contribution is -2.52. The molecule has 1 aliphatic heterocycles. The average molecular weight is 347 g/mol. The van der Waals surface area contributed by atoms with E-state index in [-0.39, 0.29) is 24.5 Å². The molecule has 0 saturated carbocycles. The van der Waals surface area contributed by atoms with Crippen molar-refractivity contribution in [3.05, 3.63) is 35.9 Å². The van der Waals surface area contributed by atoms with Crippen LogP contribution in [-0.4, -0.2) is 67.0 Å². The van der Waals surface area contributed by atoms with Gasteiger partial charge in [-0.2, -0.15) is 0 Å². The molecule has 0 bridgehead atoms. The van der Waals surface area contributed by atoms with E-state index in [0.29, 0.717) is 26.2 Å². The Labute approximate surface area is 150 Å². The Balaban J connectivity index is 1.63. The molecule has 138 valence electrons. The minimum atomic E-state index is 0.0136. The molecule has 1 aromatic carbocycles. The fraction of sp³-hybridized carbons (Fsp3) is 0.579. The molecule has 25 heavy (non-hydrogen) atoms. The molecule has 2 amide bonds. The van der Waals surface area contributed by atoms with Crippen LogP contribution in [-0.2, 0) is 20.9 Å². The standard InChI is InChI=1S/C19H29N3O3/c1-3-16(2)20-18(23)13-21-9-11-22(12-10-21)19(24)15-25-14-17-7-5-4-6-8-17/h4-8,16H,3,9-15H2,1-2H3,(H,20,23). The van der Waals surface area contributed by atoms with Gasteiger partial charge in [0.05, 0.1) is 13.2 Å². The minimum Gasteiger partial charge on any atom is -0.367 e. The molecule has 1 N–H and O–H groups in total. The van der Waals surface area contributed by atoms with Gasteiger partial charge in [0.25, 0.3) is 0 Å². The Morgan fingerprint density at radius 2 is 1.84 bits per heavy atom. The normalized spacial score (nSPS) is 16.5. The molecule has 1 unspecified atom stereocenters. The first-order valence-electron chi connectivity index (χ1n) is 8.99. The van der Waals surface area contributed by atoms with Gasteiger partial charge in [-0.15, -0.1) is 0 Å². The van der Waals surface area contributed by atoms with Gasteiger partial charge in [-0.1, -0.05) is 37.3 Å². The number of nitrogens with zero attached hydrogens (tertiary/aromatic N) is 2. The number of nitrogens with one attached hydrogen (secondary N) is 1. The van der Waals surface area contributed by atoms with Crippen LogP contribution in [0.1, 0.15) is 25.8 Å².